The van der Waals surface area contributed by atoms with Crippen LogP contribution in [0.1, 0.15) is 27.6 Å². The van der Waals surface area contributed by atoms with Crippen LogP contribution in [-0.4, -0.2) is 45.9 Å². The van der Waals surface area contributed by atoms with E-state index in [1.807, 2.05) is 6.92 Å². The van der Waals surface area contributed by atoms with Crippen molar-refractivity contribution in [1.82, 2.24) is 0 Å². The first-order valence-electron chi connectivity index (χ1n) is 8.47. The van der Waals surface area contributed by atoms with Gasteiger partial charge in [0.2, 0.25) is 0 Å². The van der Waals surface area contributed by atoms with E-state index in [9.17, 15) is 9.59 Å². The highest BCUT2D eigenvalue weighted by Gasteiger charge is 2.12. The van der Waals surface area contributed by atoms with Gasteiger partial charge in [0.1, 0.15) is 6.61 Å². The molecule has 1 amide bonds. The zero-order chi connectivity index (χ0) is 19.6. The number of hydrogen-bond donors (Lipinski definition) is 1. The summed E-state index contributed by atoms with van der Waals surface area (Å²) in [6.07, 6.45) is 0. The number of ether oxygens (including phenoxy) is 4. The lowest BCUT2D eigenvalue weighted by molar-refractivity contribution is 0.0335. The predicted molar refractivity (Wildman–Crippen MR) is 101 cm³/mol. The lowest BCUT2D eigenvalue weighted by Crippen LogP contribution is -2.13. The summed E-state index contributed by atoms with van der Waals surface area (Å²) < 4.78 is 20.6. The van der Waals surface area contributed by atoms with Crippen molar-refractivity contribution in [2.75, 3.05) is 39.4 Å². The number of hydrogen-bond acceptors (Lipinski definition) is 6. The Balaban J connectivity index is 1.97. The quantitative estimate of drug-likeness (QED) is 0.537. The van der Waals surface area contributed by atoms with E-state index in [1.54, 1.807) is 42.5 Å². The fraction of sp³-hybridized carbons (Fsp3) is 0.300. The van der Waals surface area contributed by atoms with Crippen LogP contribution in [0.15, 0.2) is 42.5 Å². The third-order valence-electron chi connectivity index (χ3n) is 3.69. The molecule has 0 radical (unpaired) electrons. The van der Waals surface area contributed by atoms with Gasteiger partial charge < -0.3 is 24.3 Å². The van der Waals surface area contributed by atoms with Crippen molar-refractivity contribution in [1.29, 1.82) is 0 Å². The molecule has 0 bridgehead atoms. The molecule has 7 heteroatoms. The summed E-state index contributed by atoms with van der Waals surface area (Å²) in [6, 6.07) is 11.4. The average Bonchev–Trinajstić information content (AvgIpc) is 2.71. The summed E-state index contributed by atoms with van der Waals surface area (Å²) in [5, 5.41) is 2.77. The van der Waals surface area contributed by atoms with Gasteiger partial charge in [-0.25, -0.2) is 4.79 Å². The summed E-state index contributed by atoms with van der Waals surface area (Å²) in [6.45, 7) is 3.01. The van der Waals surface area contributed by atoms with E-state index in [4.69, 9.17) is 18.9 Å². The Morgan fingerprint density at radius 2 is 1.56 bits per heavy atom. The summed E-state index contributed by atoms with van der Waals surface area (Å²) in [5.41, 5.74) is 1.38. The second-order valence-electron chi connectivity index (χ2n) is 5.43. The standard InChI is InChI=1S/C20H23NO6/c1-4-26-11-12-27-20(23)14-5-8-16(9-6-14)21-19(22)15-7-10-17(24-2)18(13-15)25-3/h5-10,13H,4,11-12H2,1-3H3,(H,21,22). The van der Waals surface area contributed by atoms with Crippen LogP contribution < -0.4 is 14.8 Å². The molecule has 2 aromatic rings. The maximum absolute atomic E-state index is 12.4. The SMILES string of the molecule is CCOCCOC(=O)c1ccc(NC(=O)c2ccc(OC)c(OC)c2)cc1. The number of esters is 1. The van der Waals surface area contributed by atoms with Crippen LogP contribution in [0.5, 0.6) is 11.5 Å². The number of anilines is 1. The predicted octanol–water partition coefficient (Wildman–Crippen LogP) is 3.15. The number of carbonyl (C=O) groups is 2. The molecule has 2 rings (SSSR count). The molecule has 0 fully saturated rings. The fourth-order valence-corrected chi connectivity index (χ4v) is 2.29. The molecule has 0 saturated heterocycles. The van der Waals surface area contributed by atoms with Gasteiger partial charge in [-0.3, -0.25) is 4.79 Å². The number of carbonyl (C=O) groups excluding carboxylic acids is 2. The van der Waals surface area contributed by atoms with Gasteiger partial charge in [0.05, 0.1) is 26.4 Å². The van der Waals surface area contributed by atoms with Gasteiger partial charge in [-0.2, -0.15) is 0 Å². The average molecular weight is 373 g/mol. The Kier molecular flexibility index (Phi) is 7.63. The van der Waals surface area contributed by atoms with Crippen LogP contribution >= 0.6 is 0 Å². The van der Waals surface area contributed by atoms with E-state index in [0.717, 1.165) is 0 Å². The van der Waals surface area contributed by atoms with Crippen molar-refractivity contribution in [3.63, 3.8) is 0 Å². The molecule has 7 nitrogen and oxygen atoms in total. The number of nitrogens with one attached hydrogen (secondary N) is 1. The minimum absolute atomic E-state index is 0.199. The third-order valence-corrected chi connectivity index (χ3v) is 3.69. The molecular formula is C20H23NO6. The van der Waals surface area contributed by atoms with Gasteiger partial charge in [-0.05, 0) is 49.4 Å². The zero-order valence-electron chi connectivity index (χ0n) is 15.6. The van der Waals surface area contributed by atoms with Crippen LogP contribution in [0.2, 0.25) is 0 Å². The van der Waals surface area contributed by atoms with Crippen LogP contribution in [0.3, 0.4) is 0 Å². The lowest BCUT2D eigenvalue weighted by Gasteiger charge is -2.10. The van der Waals surface area contributed by atoms with Crippen LogP contribution in [0.25, 0.3) is 0 Å². The molecule has 0 aromatic heterocycles. The van der Waals surface area contributed by atoms with Crippen molar-refractivity contribution in [2.45, 2.75) is 6.92 Å². The van der Waals surface area contributed by atoms with E-state index in [2.05, 4.69) is 5.32 Å². The molecule has 0 spiro atoms. The molecule has 0 aliphatic carbocycles. The van der Waals surface area contributed by atoms with Gasteiger partial charge >= 0.3 is 5.97 Å². The maximum Gasteiger partial charge on any atom is 0.338 e. The molecule has 144 valence electrons. The fourth-order valence-electron chi connectivity index (χ4n) is 2.29. The van der Waals surface area contributed by atoms with E-state index in [0.29, 0.717) is 41.5 Å². The highest BCUT2D eigenvalue weighted by Crippen LogP contribution is 2.27. The zero-order valence-corrected chi connectivity index (χ0v) is 15.6. The van der Waals surface area contributed by atoms with Crippen LogP contribution in [0, 0.1) is 0 Å². The molecule has 0 unspecified atom stereocenters. The number of amides is 1. The summed E-state index contributed by atoms with van der Waals surface area (Å²) >= 11 is 0. The van der Waals surface area contributed by atoms with Gasteiger partial charge in [0, 0.05) is 17.9 Å². The van der Waals surface area contributed by atoms with E-state index < -0.39 is 5.97 Å². The Labute approximate surface area is 158 Å². The molecule has 0 heterocycles. The molecule has 27 heavy (non-hydrogen) atoms. The van der Waals surface area contributed by atoms with E-state index >= 15 is 0 Å². The number of methoxy groups -OCH3 is 2. The number of benzene rings is 2. The van der Waals surface area contributed by atoms with Gasteiger partial charge in [0.25, 0.3) is 5.91 Å². The Hall–Kier alpha value is -3.06. The molecule has 0 saturated carbocycles. The Bertz CT molecular complexity index is 773. The smallest absolute Gasteiger partial charge is 0.338 e. The summed E-state index contributed by atoms with van der Waals surface area (Å²) in [4.78, 5) is 24.3. The Morgan fingerprint density at radius 1 is 0.889 bits per heavy atom. The first-order valence-corrected chi connectivity index (χ1v) is 8.47. The topological polar surface area (TPSA) is 83.1 Å². The van der Waals surface area contributed by atoms with Crippen molar-refractivity contribution in [3.05, 3.63) is 53.6 Å². The van der Waals surface area contributed by atoms with Crippen LogP contribution in [0.4, 0.5) is 5.69 Å². The molecular weight excluding hydrogens is 350 g/mol. The third kappa shape index (κ3) is 5.72. The lowest BCUT2D eigenvalue weighted by atomic mass is 10.1. The summed E-state index contributed by atoms with van der Waals surface area (Å²) in [5.74, 6) is 0.270. The molecule has 1 N–H and O–H groups in total. The molecule has 2 aromatic carbocycles. The summed E-state index contributed by atoms with van der Waals surface area (Å²) in [7, 11) is 3.03. The van der Waals surface area contributed by atoms with Crippen molar-refractivity contribution < 1.29 is 28.5 Å². The molecule has 0 atom stereocenters. The second kappa shape index (κ2) is 10.2. The minimum atomic E-state index is -0.438. The number of rotatable bonds is 9. The van der Waals surface area contributed by atoms with Crippen molar-refractivity contribution in [3.8, 4) is 11.5 Å². The maximum atomic E-state index is 12.4. The van der Waals surface area contributed by atoms with E-state index in [1.165, 1.54) is 14.2 Å². The molecule has 0 aliphatic rings. The Morgan fingerprint density at radius 3 is 2.19 bits per heavy atom. The minimum Gasteiger partial charge on any atom is -0.493 e. The monoisotopic (exact) mass is 373 g/mol. The van der Waals surface area contributed by atoms with Crippen molar-refractivity contribution >= 4 is 17.6 Å². The second-order valence-corrected chi connectivity index (χ2v) is 5.43. The molecule has 0 aliphatic heterocycles. The van der Waals surface area contributed by atoms with Gasteiger partial charge in [-0.1, -0.05) is 0 Å². The van der Waals surface area contributed by atoms with Gasteiger partial charge in [0.15, 0.2) is 11.5 Å². The normalized spacial score (nSPS) is 10.2. The van der Waals surface area contributed by atoms with Crippen molar-refractivity contribution in [2.24, 2.45) is 0 Å². The first kappa shape index (κ1) is 20.3. The highest BCUT2D eigenvalue weighted by molar-refractivity contribution is 6.04. The van der Waals surface area contributed by atoms with Gasteiger partial charge in [-0.15, -0.1) is 0 Å². The highest BCUT2D eigenvalue weighted by atomic mass is 16.6. The largest absolute Gasteiger partial charge is 0.493 e. The first-order chi connectivity index (χ1) is 13.1. The van der Waals surface area contributed by atoms with Crippen LogP contribution in [-0.2, 0) is 9.47 Å². The van der Waals surface area contributed by atoms with E-state index in [-0.39, 0.29) is 12.5 Å².